The number of benzene rings is 1. The van der Waals surface area contributed by atoms with E-state index in [-0.39, 0.29) is 18.9 Å². The number of carbonyl (C=O) groups is 2. The zero-order valence-electron chi connectivity index (χ0n) is 14.6. The number of hydrogen-bond acceptors (Lipinski definition) is 7. The highest BCUT2D eigenvalue weighted by atomic mass is 32.2. The van der Waals surface area contributed by atoms with Crippen molar-refractivity contribution in [2.75, 3.05) is 13.6 Å². The molecule has 0 bridgehead atoms. The van der Waals surface area contributed by atoms with Crippen LogP contribution in [0, 0.1) is 6.92 Å². The summed E-state index contributed by atoms with van der Waals surface area (Å²) < 4.78 is 27.7. The second-order valence-corrected chi connectivity index (χ2v) is 7.06. The molecule has 0 radical (unpaired) electrons. The van der Waals surface area contributed by atoms with Gasteiger partial charge in [0, 0.05) is 18.5 Å². The molecule has 1 rings (SSSR count). The van der Waals surface area contributed by atoms with Crippen LogP contribution in [0.3, 0.4) is 0 Å². The minimum atomic E-state index is -2.50. The third-order valence-electron chi connectivity index (χ3n) is 3.58. The highest BCUT2D eigenvalue weighted by Gasteiger charge is 2.23. The highest BCUT2D eigenvalue weighted by Crippen LogP contribution is 2.13. The first kappa shape index (κ1) is 21.3. The maximum Gasteiger partial charge on any atom is 0.311 e. The summed E-state index contributed by atoms with van der Waals surface area (Å²) in [6, 6.07) is 7.08. The molecule has 0 aliphatic rings. The normalized spacial score (nSPS) is 11.6. The van der Waals surface area contributed by atoms with Crippen molar-refractivity contribution in [2.24, 2.45) is 4.36 Å². The Labute approximate surface area is 154 Å². The maximum absolute atomic E-state index is 12.5. The summed E-state index contributed by atoms with van der Waals surface area (Å²) >= 11 is 0.818. The molecular formula is C16H23N3O4S2. The summed E-state index contributed by atoms with van der Waals surface area (Å²) in [6.07, 6.45) is 0.930. The lowest BCUT2D eigenvalue weighted by molar-refractivity contribution is -0.127. The van der Waals surface area contributed by atoms with Crippen LogP contribution in [0.25, 0.3) is 0 Å². The van der Waals surface area contributed by atoms with E-state index < -0.39 is 21.8 Å². The van der Waals surface area contributed by atoms with Crippen LogP contribution in [0.15, 0.2) is 28.6 Å². The van der Waals surface area contributed by atoms with Crippen LogP contribution >= 0.6 is 11.9 Å². The van der Waals surface area contributed by atoms with Gasteiger partial charge in [0.1, 0.15) is 0 Å². The molecule has 0 saturated carbocycles. The first-order valence-electron chi connectivity index (χ1n) is 7.91. The van der Waals surface area contributed by atoms with E-state index in [1.54, 1.807) is 7.05 Å². The highest BCUT2D eigenvalue weighted by molar-refractivity contribution is 8.11. The summed E-state index contributed by atoms with van der Waals surface area (Å²) in [5.41, 5.74) is 1.91. The third-order valence-corrected chi connectivity index (χ3v) is 4.65. The lowest BCUT2D eigenvalue weighted by Gasteiger charge is -2.21. The number of nitrogens with one attached hydrogen (secondary N) is 1. The molecule has 1 atom stereocenters. The average molecular weight is 386 g/mol. The summed E-state index contributed by atoms with van der Waals surface area (Å²) in [6.45, 7) is 3.89. The summed E-state index contributed by atoms with van der Waals surface area (Å²) in [7, 11) is -0.907. The molecule has 138 valence electrons. The van der Waals surface area contributed by atoms with E-state index in [1.165, 1.54) is 0 Å². The molecule has 25 heavy (non-hydrogen) atoms. The molecule has 9 heteroatoms. The number of hydrogen-bond donors (Lipinski definition) is 1. The molecule has 7 nitrogen and oxygen atoms in total. The fraction of sp³-hybridized carbons (Fsp3) is 0.500. The first-order chi connectivity index (χ1) is 11.9. The van der Waals surface area contributed by atoms with Crippen LogP contribution < -0.4 is 4.72 Å². The van der Waals surface area contributed by atoms with Crippen molar-refractivity contribution >= 4 is 33.6 Å². The van der Waals surface area contributed by atoms with E-state index in [9.17, 15) is 18.0 Å². The van der Waals surface area contributed by atoms with Gasteiger partial charge in [0.05, 0.1) is 12.5 Å². The molecule has 2 amide bonds. The van der Waals surface area contributed by atoms with Gasteiger partial charge in [0.2, 0.25) is 5.91 Å². The summed E-state index contributed by atoms with van der Waals surface area (Å²) in [5.74, 6) is -0.324. The molecule has 0 fully saturated rings. The van der Waals surface area contributed by atoms with Crippen LogP contribution in [-0.2, 0) is 21.7 Å². The maximum atomic E-state index is 12.5. The average Bonchev–Trinajstić information content (AvgIpc) is 2.56. The molecule has 0 aromatic heterocycles. The second kappa shape index (κ2) is 11.0. The van der Waals surface area contributed by atoms with Crippen molar-refractivity contribution in [1.82, 2.24) is 9.62 Å². The van der Waals surface area contributed by atoms with Gasteiger partial charge in [0.15, 0.2) is 0 Å². The van der Waals surface area contributed by atoms with Gasteiger partial charge in [-0.15, -0.1) is 0 Å². The molecule has 0 saturated heterocycles. The minimum Gasteiger partial charge on any atom is -0.274 e. The lowest BCUT2D eigenvalue weighted by atomic mass is 10.1. The summed E-state index contributed by atoms with van der Waals surface area (Å²) in [5, 5.41) is -0.419. The third kappa shape index (κ3) is 7.80. The SMILES string of the molecule is CCC(CCN(C(=O)Cc1ccc(C)cc1)C(=O)SNC)N=S(=O)=O. The quantitative estimate of drug-likeness (QED) is 0.691. The standard InChI is InChI=1S/C16H23N3O4S2/c1-4-14(18-25(22)23)9-10-19(16(21)24-17-3)15(20)11-13-7-5-12(2)6-8-13/h5-8,14,17H,4,9-11H2,1-3H3. The molecule has 0 aliphatic heterocycles. The number of carbonyl (C=O) groups excluding carboxylic acids is 2. The Morgan fingerprint density at radius 2 is 1.92 bits per heavy atom. The van der Waals surface area contributed by atoms with Crippen molar-refractivity contribution in [3.8, 4) is 0 Å². The Hall–Kier alpha value is -1.71. The molecule has 1 aromatic rings. The molecule has 0 aliphatic carbocycles. The Bertz CT molecular complexity index is 709. The van der Waals surface area contributed by atoms with E-state index in [0.717, 1.165) is 28.0 Å². The molecule has 1 aromatic carbocycles. The van der Waals surface area contributed by atoms with Gasteiger partial charge < -0.3 is 0 Å². The van der Waals surface area contributed by atoms with Crippen molar-refractivity contribution in [1.29, 1.82) is 0 Å². The number of imide groups is 1. The van der Waals surface area contributed by atoms with Crippen LogP contribution in [0.2, 0.25) is 0 Å². The zero-order valence-corrected chi connectivity index (χ0v) is 16.2. The molecule has 0 heterocycles. The van der Waals surface area contributed by atoms with Crippen molar-refractivity contribution in [2.45, 2.75) is 39.2 Å². The monoisotopic (exact) mass is 385 g/mol. The Morgan fingerprint density at radius 1 is 1.28 bits per heavy atom. The Kier molecular flexibility index (Phi) is 9.40. The van der Waals surface area contributed by atoms with Crippen LogP contribution in [0.4, 0.5) is 4.79 Å². The predicted octanol–water partition coefficient (Wildman–Crippen LogP) is 2.59. The van der Waals surface area contributed by atoms with Gasteiger partial charge in [0.25, 0.3) is 0 Å². The van der Waals surface area contributed by atoms with Crippen molar-refractivity contribution < 1.29 is 18.0 Å². The molecule has 1 unspecified atom stereocenters. The topological polar surface area (TPSA) is 95.9 Å². The minimum absolute atomic E-state index is 0.109. The van der Waals surface area contributed by atoms with Gasteiger partial charge >= 0.3 is 15.7 Å². The van der Waals surface area contributed by atoms with Gasteiger partial charge in [-0.25, -0.2) is 0 Å². The van der Waals surface area contributed by atoms with Crippen molar-refractivity contribution in [3.05, 3.63) is 35.4 Å². The van der Waals surface area contributed by atoms with Gasteiger partial charge in [-0.1, -0.05) is 36.8 Å². The molecule has 1 N–H and O–H groups in total. The molecule has 0 spiro atoms. The summed E-state index contributed by atoms with van der Waals surface area (Å²) in [4.78, 5) is 25.9. The lowest BCUT2D eigenvalue weighted by Crippen LogP contribution is -2.38. The first-order valence-corrected chi connectivity index (χ1v) is 9.75. The van der Waals surface area contributed by atoms with E-state index in [1.807, 2.05) is 38.1 Å². The van der Waals surface area contributed by atoms with Gasteiger partial charge in [-0.3, -0.25) is 19.2 Å². The number of amides is 2. The largest absolute Gasteiger partial charge is 0.311 e. The second-order valence-electron chi connectivity index (χ2n) is 5.45. The zero-order chi connectivity index (χ0) is 18.8. The fourth-order valence-electron chi connectivity index (χ4n) is 2.17. The van der Waals surface area contributed by atoms with Crippen LogP contribution in [-0.4, -0.2) is 44.1 Å². The van der Waals surface area contributed by atoms with E-state index in [0.29, 0.717) is 12.8 Å². The Morgan fingerprint density at radius 3 is 2.44 bits per heavy atom. The van der Waals surface area contributed by atoms with Gasteiger partial charge in [-0.2, -0.15) is 12.8 Å². The van der Waals surface area contributed by atoms with Crippen LogP contribution in [0.5, 0.6) is 0 Å². The van der Waals surface area contributed by atoms with E-state index in [4.69, 9.17) is 0 Å². The fourth-order valence-corrected chi connectivity index (χ4v) is 3.14. The Balaban J connectivity index is 2.84. The number of rotatable bonds is 8. The van der Waals surface area contributed by atoms with Crippen LogP contribution in [0.1, 0.15) is 30.9 Å². The van der Waals surface area contributed by atoms with Gasteiger partial charge in [-0.05, 0) is 32.4 Å². The van der Waals surface area contributed by atoms with E-state index in [2.05, 4.69) is 9.08 Å². The van der Waals surface area contributed by atoms with Crippen molar-refractivity contribution in [3.63, 3.8) is 0 Å². The number of aryl methyl sites for hydroxylation is 1. The number of nitrogens with zero attached hydrogens (tertiary/aromatic N) is 2. The smallest absolute Gasteiger partial charge is 0.274 e. The van der Waals surface area contributed by atoms with E-state index >= 15 is 0 Å². The molecular weight excluding hydrogens is 362 g/mol. The predicted molar refractivity (Wildman–Crippen MR) is 98.7 cm³/mol.